The quantitative estimate of drug-likeness (QED) is 0.767. The fourth-order valence-electron chi connectivity index (χ4n) is 0.892. The van der Waals surface area contributed by atoms with Gasteiger partial charge in [0.05, 0.1) is 6.61 Å². The molecule has 7 nitrogen and oxygen atoms in total. The lowest BCUT2D eigenvalue weighted by Gasteiger charge is -2.20. The number of aliphatic hydroxyl groups is 1. The van der Waals surface area contributed by atoms with Crippen molar-refractivity contribution in [2.75, 3.05) is 13.2 Å². The van der Waals surface area contributed by atoms with Gasteiger partial charge in [-0.15, -0.1) is 0 Å². The summed E-state index contributed by atoms with van der Waals surface area (Å²) in [5.74, 6) is 0. The Morgan fingerprint density at radius 2 is 1.58 bits per heavy atom. The van der Waals surface area contributed by atoms with Crippen molar-refractivity contribution in [1.29, 1.82) is 0 Å². The van der Waals surface area contributed by atoms with Crippen molar-refractivity contribution in [2.45, 2.75) is 52.4 Å². The molecule has 2 unspecified atom stereocenters. The Labute approximate surface area is 112 Å². The number of hydrogen-bond acceptors (Lipinski definition) is 7. The van der Waals surface area contributed by atoms with Crippen LogP contribution < -0.4 is 0 Å². The van der Waals surface area contributed by atoms with Gasteiger partial charge in [0.2, 0.25) is 0 Å². The van der Waals surface area contributed by atoms with Crippen LogP contribution in [0.15, 0.2) is 0 Å². The van der Waals surface area contributed by atoms with Gasteiger partial charge < -0.3 is 24.1 Å². The molecule has 0 heterocycles. The fraction of sp³-hybridized carbons (Fsp3) is 0.833. The number of rotatable bonds is 5. The van der Waals surface area contributed by atoms with Crippen LogP contribution in [0.1, 0.15) is 34.6 Å². The van der Waals surface area contributed by atoms with E-state index in [-0.39, 0.29) is 13.2 Å². The summed E-state index contributed by atoms with van der Waals surface area (Å²) in [5.41, 5.74) is -0.642. The zero-order chi connectivity index (χ0) is 15.1. The van der Waals surface area contributed by atoms with Gasteiger partial charge in [0.15, 0.2) is 0 Å². The first kappa shape index (κ1) is 17.5. The van der Waals surface area contributed by atoms with E-state index >= 15 is 0 Å². The van der Waals surface area contributed by atoms with Crippen LogP contribution in [0, 0.1) is 0 Å². The molecule has 2 atom stereocenters. The zero-order valence-electron chi connectivity index (χ0n) is 12.0. The summed E-state index contributed by atoms with van der Waals surface area (Å²) in [5, 5.41) is 8.68. The molecule has 0 rings (SSSR count). The number of ether oxygens (including phenoxy) is 4. The Morgan fingerprint density at radius 3 is 2.05 bits per heavy atom. The highest BCUT2D eigenvalue weighted by molar-refractivity contribution is 5.61. The van der Waals surface area contributed by atoms with E-state index in [1.165, 1.54) is 13.8 Å². The molecular weight excluding hydrogens is 256 g/mol. The predicted octanol–water partition coefficient (Wildman–Crippen LogP) is 1.86. The van der Waals surface area contributed by atoms with E-state index in [2.05, 4.69) is 4.74 Å². The third-order valence-corrected chi connectivity index (χ3v) is 1.68. The number of hydrogen-bond donors (Lipinski definition) is 1. The highest BCUT2D eigenvalue weighted by Crippen LogP contribution is 2.08. The second-order valence-electron chi connectivity index (χ2n) is 5.06. The standard InChI is InChI=1S/C12H22O7/c1-8(6-13)17-11(15)18-9(2)7-16-10(14)19-12(3,4)5/h8-9,13H,6-7H2,1-5H3. The molecule has 0 aromatic carbocycles. The lowest BCUT2D eigenvalue weighted by atomic mass is 10.2. The van der Waals surface area contributed by atoms with Gasteiger partial charge in [0, 0.05) is 0 Å². The van der Waals surface area contributed by atoms with Gasteiger partial charge in [-0.1, -0.05) is 0 Å². The molecule has 0 radical (unpaired) electrons. The maximum absolute atomic E-state index is 11.2. The van der Waals surface area contributed by atoms with E-state index in [1.807, 2.05) is 0 Å². The molecule has 1 N–H and O–H groups in total. The van der Waals surface area contributed by atoms with Gasteiger partial charge in [-0.3, -0.25) is 0 Å². The van der Waals surface area contributed by atoms with Gasteiger partial charge in [0.25, 0.3) is 0 Å². The van der Waals surface area contributed by atoms with E-state index in [1.54, 1.807) is 20.8 Å². The number of carbonyl (C=O) groups is 2. The van der Waals surface area contributed by atoms with Crippen LogP contribution in [0.5, 0.6) is 0 Å². The third kappa shape index (κ3) is 10.1. The van der Waals surface area contributed by atoms with Crippen molar-refractivity contribution in [1.82, 2.24) is 0 Å². The van der Waals surface area contributed by atoms with Crippen LogP contribution in [0.3, 0.4) is 0 Å². The fourth-order valence-corrected chi connectivity index (χ4v) is 0.892. The van der Waals surface area contributed by atoms with E-state index in [0.29, 0.717) is 0 Å². The van der Waals surface area contributed by atoms with Crippen LogP contribution in [0.4, 0.5) is 9.59 Å². The molecule has 112 valence electrons. The minimum absolute atomic E-state index is 0.141. The molecule has 0 saturated carbocycles. The van der Waals surface area contributed by atoms with Crippen LogP contribution in [-0.4, -0.2) is 48.4 Å². The first-order chi connectivity index (χ1) is 8.64. The van der Waals surface area contributed by atoms with Gasteiger partial charge in [-0.25, -0.2) is 9.59 Å². The topological polar surface area (TPSA) is 91.3 Å². The maximum Gasteiger partial charge on any atom is 0.509 e. The summed E-state index contributed by atoms with van der Waals surface area (Å²) in [6, 6.07) is 0. The average molecular weight is 278 g/mol. The second-order valence-corrected chi connectivity index (χ2v) is 5.06. The second kappa shape index (κ2) is 7.83. The summed E-state index contributed by atoms with van der Waals surface area (Å²) in [6.45, 7) is 7.75. The molecular formula is C12H22O7. The van der Waals surface area contributed by atoms with Crippen molar-refractivity contribution in [3.8, 4) is 0 Å². The normalized spacial score (nSPS) is 14.2. The van der Waals surface area contributed by atoms with Crippen molar-refractivity contribution >= 4 is 12.3 Å². The molecule has 0 fully saturated rings. The Morgan fingerprint density at radius 1 is 1.05 bits per heavy atom. The molecule has 0 bridgehead atoms. The summed E-state index contributed by atoms with van der Waals surface area (Å²) in [4.78, 5) is 22.4. The SMILES string of the molecule is CC(CO)OC(=O)OC(C)COC(=O)OC(C)(C)C. The number of aliphatic hydroxyl groups excluding tert-OH is 1. The van der Waals surface area contributed by atoms with Gasteiger partial charge in [0.1, 0.15) is 24.4 Å². The van der Waals surface area contributed by atoms with Gasteiger partial charge in [-0.2, -0.15) is 0 Å². The van der Waals surface area contributed by atoms with Crippen molar-refractivity contribution in [3.05, 3.63) is 0 Å². The van der Waals surface area contributed by atoms with Gasteiger partial charge in [-0.05, 0) is 34.6 Å². The molecule has 0 spiro atoms. The monoisotopic (exact) mass is 278 g/mol. The Bertz CT molecular complexity index is 295. The lowest BCUT2D eigenvalue weighted by Crippen LogP contribution is -2.29. The van der Waals surface area contributed by atoms with Crippen LogP contribution in [0.25, 0.3) is 0 Å². The van der Waals surface area contributed by atoms with E-state index in [9.17, 15) is 9.59 Å². The first-order valence-corrected chi connectivity index (χ1v) is 5.98. The minimum Gasteiger partial charge on any atom is -0.430 e. The average Bonchev–Trinajstić information content (AvgIpc) is 2.23. The Kier molecular flexibility index (Phi) is 7.21. The molecule has 7 heteroatoms. The Balaban J connectivity index is 3.89. The van der Waals surface area contributed by atoms with Crippen molar-refractivity contribution in [2.24, 2.45) is 0 Å². The maximum atomic E-state index is 11.2. The third-order valence-electron chi connectivity index (χ3n) is 1.68. The zero-order valence-corrected chi connectivity index (χ0v) is 12.0. The Hall–Kier alpha value is -1.50. The highest BCUT2D eigenvalue weighted by Gasteiger charge is 2.20. The van der Waals surface area contributed by atoms with E-state index in [0.717, 1.165) is 0 Å². The predicted molar refractivity (Wildman–Crippen MR) is 65.8 cm³/mol. The molecule has 0 aliphatic carbocycles. The molecule has 0 aliphatic rings. The van der Waals surface area contributed by atoms with Crippen molar-refractivity contribution in [3.63, 3.8) is 0 Å². The van der Waals surface area contributed by atoms with Crippen LogP contribution in [-0.2, 0) is 18.9 Å². The smallest absolute Gasteiger partial charge is 0.430 e. The minimum atomic E-state index is -0.929. The van der Waals surface area contributed by atoms with Gasteiger partial charge >= 0.3 is 12.3 Å². The molecule has 0 amide bonds. The summed E-state index contributed by atoms with van der Waals surface area (Å²) < 4.78 is 19.2. The molecule has 0 saturated heterocycles. The number of carbonyl (C=O) groups excluding carboxylic acids is 2. The van der Waals surface area contributed by atoms with E-state index in [4.69, 9.17) is 19.3 Å². The largest absolute Gasteiger partial charge is 0.509 e. The summed E-state index contributed by atoms with van der Waals surface area (Å²) in [7, 11) is 0. The molecule has 0 aliphatic heterocycles. The molecule has 0 aromatic rings. The highest BCUT2D eigenvalue weighted by atomic mass is 16.8. The lowest BCUT2D eigenvalue weighted by molar-refractivity contribution is -0.0438. The van der Waals surface area contributed by atoms with Crippen LogP contribution in [0.2, 0.25) is 0 Å². The van der Waals surface area contributed by atoms with E-state index < -0.39 is 30.1 Å². The summed E-state index contributed by atoms with van der Waals surface area (Å²) >= 11 is 0. The molecule has 19 heavy (non-hydrogen) atoms. The molecule has 0 aromatic heterocycles. The van der Waals surface area contributed by atoms with Crippen molar-refractivity contribution < 1.29 is 33.6 Å². The van der Waals surface area contributed by atoms with Crippen LogP contribution >= 0.6 is 0 Å². The summed E-state index contributed by atoms with van der Waals surface area (Å²) in [6.07, 6.45) is -3.08. The first-order valence-electron chi connectivity index (χ1n) is 5.98.